The summed E-state index contributed by atoms with van der Waals surface area (Å²) in [7, 11) is 0. The Labute approximate surface area is 127 Å². The lowest BCUT2D eigenvalue weighted by Gasteiger charge is -2.10. The highest BCUT2D eigenvalue weighted by Crippen LogP contribution is 2.10. The van der Waals surface area contributed by atoms with E-state index in [1.54, 1.807) is 0 Å². The molecule has 0 atom stereocenters. The van der Waals surface area contributed by atoms with Crippen LogP contribution in [0.15, 0.2) is 65.7 Å². The third-order valence-electron chi connectivity index (χ3n) is 3.17. The zero-order valence-electron chi connectivity index (χ0n) is 12.0. The van der Waals surface area contributed by atoms with Crippen molar-refractivity contribution in [2.24, 2.45) is 0 Å². The molecule has 3 rings (SSSR count). The van der Waals surface area contributed by atoms with Gasteiger partial charge in [-0.05, 0) is 30.7 Å². The van der Waals surface area contributed by atoms with Crippen LogP contribution in [0.2, 0.25) is 0 Å². The zero-order chi connectivity index (χ0) is 15.4. The summed E-state index contributed by atoms with van der Waals surface area (Å²) < 4.78 is 1.42. The number of hydrogen-bond acceptors (Lipinski definition) is 5. The molecule has 2 aromatic carbocycles. The fraction of sp³-hybridized carbons (Fsp3) is 0.0625. The Morgan fingerprint density at radius 1 is 0.955 bits per heavy atom. The Hall–Kier alpha value is -3.15. The fourth-order valence-corrected chi connectivity index (χ4v) is 2.04. The van der Waals surface area contributed by atoms with E-state index in [1.807, 2.05) is 61.5 Å². The number of aryl methyl sites for hydroxylation is 1. The molecule has 0 aliphatic carbocycles. The first-order valence-corrected chi connectivity index (χ1v) is 6.83. The van der Waals surface area contributed by atoms with Crippen molar-refractivity contribution in [3.63, 3.8) is 0 Å². The number of para-hydroxylation sites is 2. The quantitative estimate of drug-likeness (QED) is 0.723. The van der Waals surface area contributed by atoms with Gasteiger partial charge >= 0.3 is 5.69 Å². The molecule has 0 aliphatic heterocycles. The maximum Gasteiger partial charge on any atom is 0.356 e. The molecule has 6 heteroatoms. The van der Waals surface area contributed by atoms with Crippen LogP contribution in [0.3, 0.4) is 0 Å². The molecule has 0 aliphatic rings. The molecule has 110 valence electrons. The van der Waals surface area contributed by atoms with Gasteiger partial charge in [-0.2, -0.15) is 4.98 Å². The standard InChI is InChI=1S/C16H15N5O/c1-12-7-5-6-10-14(12)21-11-17-15(18-16(21)22)20-19-13-8-3-2-4-9-13/h2-11,19H,1H3,(H,18,20,22). The Morgan fingerprint density at radius 3 is 2.41 bits per heavy atom. The first-order valence-electron chi connectivity index (χ1n) is 6.83. The maximum atomic E-state index is 12.1. The van der Waals surface area contributed by atoms with Gasteiger partial charge in [0, 0.05) is 0 Å². The summed E-state index contributed by atoms with van der Waals surface area (Å²) in [4.78, 5) is 20.2. The Balaban J connectivity index is 1.81. The molecule has 6 nitrogen and oxygen atoms in total. The predicted octanol–water partition coefficient (Wildman–Crippen LogP) is 2.37. The van der Waals surface area contributed by atoms with E-state index in [9.17, 15) is 4.79 Å². The molecule has 0 bridgehead atoms. The number of nitrogens with zero attached hydrogens (tertiary/aromatic N) is 3. The van der Waals surface area contributed by atoms with Crippen molar-refractivity contribution in [2.45, 2.75) is 6.92 Å². The maximum absolute atomic E-state index is 12.1. The van der Waals surface area contributed by atoms with Crippen LogP contribution in [-0.4, -0.2) is 14.5 Å². The normalized spacial score (nSPS) is 10.2. The summed E-state index contributed by atoms with van der Waals surface area (Å²) in [5, 5.41) is 0. The van der Waals surface area contributed by atoms with E-state index in [4.69, 9.17) is 0 Å². The minimum Gasteiger partial charge on any atom is -0.298 e. The van der Waals surface area contributed by atoms with Crippen molar-refractivity contribution >= 4 is 11.6 Å². The Kier molecular flexibility index (Phi) is 3.82. The van der Waals surface area contributed by atoms with E-state index in [-0.39, 0.29) is 11.6 Å². The van der Waals surface area contributed by atoms with E-state index >= 15 is 0 Å². The third-order valence-corrected chi connectivity index (χ3v) is 3.17. The van der Waals surface area contributed by atoms with E-state index in [1.165, 1.54) is 10.9 Å². The minimum absolute atomic E-state index is 0.221. The van der Waals surface area contributed by atoms with Gasteiger partial charge in [0.05, 0.1) is 11.4 Å². The van der Waals surface area contributed by atoms with Crippen LogP contribution in [0.5, 0.6) is 0 Å². The van der Waals surface area contributed by atoms with Crippen LogP contribution >= 0.6 is 0 Å². The minimum atomic E-state index is -0.387. The number of nitrogens with one attached hydrogen (secondary N) is 2. The lowest BCUT2D eigenvalue weighted by Crippen LogP contribution is -2.25. The monoisotopic (exact) mass is 293 g/mol. The average molecular weight is 293 g/mol. The van der Waals surface area contributed by atoms with E-state index < -0.39 is 0 Å². The number of rotatable bonds is 4. The van der Waals surface area contributed by atoms with Gasteiger partial charge in [0.1, 0.15) is 6.33 Å². The first kappa shape index (κ1) is 13.8. The van der Waals surface area contributed by atoms with E-state index in [0.29, 0.717) is 0 Å². The third kappa shape index (κ3) is 2.95. The van der Waals surface area contributed by atoms with Gasteiger partial charge in [0.15, 0.2) is 0 Å². The molecular weight excluding hydrogens is 278 g/mol. The van der Waals surface area contributed by atoms with E-state index in [0.717, 1.165) is 16.9 Å². The molecule has 2 N–H and O–H groups in total. The van der Waals surface area contributed by atoms with Crippen LogP contribution in [0, 0.1) is 6.92 Å². The van der Waals surface area contributed by atoms with Gasteiger partial charge in [0.25, 0.3) is 0 Å². The van der Waals surface area contributed by atoms with Crippen molar-refractivity contribution in [1.29, 1.82) is 0 Å². The topological polar surface area (TPSA) is 71.8 Å². The van der Waals surface area contributed by atoms with Crippen molar-refractivity contribution in [2.75, 3.05) is 10.9 Å². The van der Waals surface area contributed by atoms with Crippen LogP contribution in [-0.2, 0) is 0 Å². The lowest BCUT2D eigenvalue weighted by molar-refractivity contribution is 0.856. The summed E-state index contributed by atoms with van der Waals surface area (Å²) in [6.07, 6.45) is 1.46. The van der Waals surface area contributed by atoms with Crippen molar-refractivity contribution in [1.82, 2.24) is 14.5 Å². The molecule has 1 aromatic heterocycles. The number of benzene rings is 2. The molecule has 22 heavy (non-hydrogen) atoms. The lowest BCUT2D eigenvalue weighted by atomic mass is 10.2. The summed E-state index contributed by atoms with van der Waals surface area (Å²) in [5.74, 6) is 0.221. The molecule has 0 fully saturated rings. The number of hydrogen-bond donors (Lipinski definition) is 2. The first-order chi connectivity index (χ1) is 10.7. The predicted molar refractivity (Wildman–Crippen MR) is 86.1 cm³/mol. The average Bonchev–Trinajstić information content (AvgIpc) is 2.55. The molecule has 0 unspecified atom stereocenters. The number of anilines is 2. The van der Waals surface area contributed by atoms with Crippen molar-refractivity contribution < 1.29 is 0 Å². The summed E-state index contributed by atoms with van der Waals surface area (Å²) >= 11 is 0. The molecule has 3 aromatic rings. The number of hydrazine groups is 1. The SMILES string of the molecule is Cc1ccccc1-n1cnc(NNc2ccccc2)nc1=O. The van der Waals surface area contributed by atoms with Crippen LogP contribution in [0.1, 0.15) is 5.56 Å². The second-order valence-corrected chi connectivity index (χ2v) is 4.74. The van der Waals surface area contributed by atoms with Crippen molar-refractivity contribution in [3.05, 3.63) is 77.0 Å². The van der Waals surface area contributed by atoms with Gasteiger partial charge in [-0.15, -0.1) is 0 Å². The van der Waals surface area contributed by atoms with Gasteiger partial charge in [-0.1, -0.05) is 36.4 Å². The summed E-state index contributed by atoms with van der Waals surface area (Å²) in [6.45, 7) is 1.94. The smallest absolute Gasteiger partial charge is 0.298 e. The fourth-order valence-electron chi connectivity index (χ4n) is 2.04. The molecule has 0 spiro atoms. The highest BCUT2D eigenvalue weighted by atomic mass is 16.1. The summed E-state index contributed by atoms with van der Waals surface area (Å²) in [5.41, 5.74) is 7.97. The second-order valence-electron chi connectivity index (χ2n) is 4.74. The Morgan fingerprint density at radius 2 is 1.68 bits per heavy atom. The molecule has 0 radical (unpaired) electrons. The van der Waals surface area contributed by atoms with Crippen LogP contribution in [0.4, 0.5) is 11.6 Å². The molecule has 0 saturated carbocycles. The molecule has 0 amide bonds. The second kappa shape index (κ2) is 6.09. The summed E-state index contributed by atoms with van der Waals surface area (Å²) in [6, 6.07) is 17.1. The zero-order valence-corrected chi connectivity index (χ0v) is 12.0. The Bertz CT molecular complexity index is 829. The highest BCUT2D eigenvalue weighted by molar-refractivity contribution is 5.47. The van der Waals surface area contributed by atoms with Crippen LogP contribution < -0.4 is 16.5 Å². The largest absolute Gasteiger partial charge is 0.356 e. The van der Waals surface area contributed by atoms with E-state index in [2.05, 4.69) is 20.8 Å². The van der Waals surface area contributed by atoms with Gasteiger partial charge in [-0.3, -0.25) is 15.4 Å². The number of aromatic nitrogens is 3. The van der Waals surface area contributed by atoms with Crippen molar-refractivity contribution in [3.8, 4) is 5.69 Å². The highest BCUT2D eigenvalue weighted by Gasteiger charge is 2.05. The van der Waals surface area contributed by atoms with Gasteiger partial charge in [0.2, 0.25) is 5.95 Å². The van der Waals surface area contributed by atoms with Crippen LogP contribution in [0.25, 0.3) is 5.69 Å². The molecular formula is C16H15N5O. The van der Waals surface area contributed by atoms with Gasteiger partial charge < -0.3 is 0 Å². The molecule has 0 saturated heterocycles. The molecule has 1 heterocycles. The van der Waals surface area contributed by atoms with Gasteiger partial charge in [-0.25, -0.2) is 9.78 Å².